The minimum Gasteiger partial charge on any atom is -0.453 e. The summed E-state index contributed by atoms with van der Waals surface area (Å²) in [7, 11) is 1.20. The lowest BCUT2D eigenvalue weighted by Gasteiger charge is -2.13. The SMILES string of the molecule is COC(=O)NC(C)C(O)O. The highest BCUT2D eigenvalue weighted by Gasteiger charge is 2.12. The van der Waals surface area contributed by atoms with Crippen LogP contribution in [0, 0.1) is 0 Å². The first-order chi connectivity index (χ1) is 4.57. The molecule has 0 heterocycles. The lowest BCUT2D eigenvalue weighted by Crippen LogP contribution is -2.40. The first-order valence-electron chi connectivity index (χ1n) is 2.78. The molecule has 1 amide bonds. The normalized spacial score (nSPS) is 12.9. The van der Waals surface area contributed by atoms with Crippen LogP contribution < -0.4 is 5.32 Å². The summed E-state index contributed by atoms with van der Waals surface area (Å²) in [5, 5.41) is 19.1. The Kier molecular flexibility index (Phi) is 3.75. The molecule has 60 valence electrons. The number of methoxy groups -OCH3 is 1. The summed E-state index contributed by atoms with van der Waals surface area (Å²) in [6, 6.07) is -0.715. The van der Waals surface area contributed by atoms with Gasteiger partial charge in [0.1, 0.15) is 0 Å². The van der Waals surface area contributed by atoms with Crippen molar-refractivity contribution in [2.24, 2.45) is 0 Å². The summed E-state index contributed by atoms with van der Waals surface area (Å²) in [6.45, 7) is 1.45. The van der Waals surface area contributed by atoms with Crippen molar-refractivity contribution in [3.8, 4) is 0 Å². The van der Waals surface area contributed by atoms with Gasteiger partial charge in [-0.2, -0.15) is 0 Å². The number of aliphatic hydroxyl groups is 2. The van der Waals surface area contributed by atoms with Crippen LogP contribution in [0.25, 0.3) is 0 Å². The van der Waals surface area contributed by atoms with Crippen LogP contribution in [0.3, 0.4) is 0 Å². The first-order valence-corrected chi connectivity index (χ1v) is 2.78. The molecule has 0 aromatic carbocycles. The van der Waals surface area contributed by atoms with Gasteiger partial charge in [-0.1, -0.05) is 0 Å². The zero-order valence-corrected chi connectivity index (χ0v) is 5.87. The number of amides is 1. The molecule has 1 atom stereocenters. The molecule has 0 radical (unpaired) electrons. The van der Waals surface area contributed by atoms with E-state index in [4.69, 9.17) is 10.2 Å². The van der Waals surface area contributed by atoms with Crippen LogP contribution >= 0.6 is 0 Å². The maximum Gasteiger partial charge on any atom is 0.407 e. The maximum atomic E-state index is 10.4. The van der Waals surface area contributed by atoms with Gasteiger partial charge in [0, 0.05) is 0 Å². The van der Waals surface area contributed by atoms with E-state index in [2.05, 4.69) is 10.1 Å². The van der Waals surface area contributed by atoms with E-state index in [9.17, 15) is 4.79 Å². The second kappa shape index (κ2) is 4.08. The zero-order chi connectivity index (χ0) is 8.15. The number of ether oxygens (including phenoxy) is 1. The molecule has 0 bridgehead atoms. The number of aliphatic hydroxyl groups excluding tert-OH is 1. The molecule has 0 aromatic heterocycles. The first kappa shape index (κ1) is 9.19. The van der Waals surface area contributed by atoms with Gasteiger partial charge >= 0.3 is 6.09 Å². The molecule has 0 saturated carbocycles. The minimum absolute atomic E-state index is 0.680. The van der Waals surface area contributed by atoms with Crippen LogP contribution in [0.4, 0.5) is 4.79 Å². The van der Waals surface area contributed by atoms with Crippen LogP contribution in [-0.2, 0) is 4.74 Å². The Morgan fingerprint density at radius 3 is 2.40 bits per heavy atom. The fourth-order valence-electron chi connectivity index (χ4n) is 0.319. The van der Waals surface area contributed by atoms with Crippen molar-refractivity contribution in [1.29, 1.82) is 0 Å². The molecule has 0 aliphatic carbocycles. The second-order valence-electron chi connectivity index (χ2n) is 1.84. The third kappa shape index (κ3) is 3.26. The van der Waals surface area contributed by atoms with Gasteiger partial charge in [-0.25, -0.2) is 4.79 Å². The van der Waals surface area contributed by atoms with Crippen LogP contribution in [-0.4, -0.2) is 35.7 Å². The van der Waals surface area contributed by atoms with Crippen molar-refractivity contribution >= 4 is 6.09 Å². The van der Waals surface area contributed by atoms with Gasteiger partial charge < -0.3 is 20.3 Å². The molecule has 0 fully saturated rings. The average Bonchev–Trinajstić information content (AvgIpc) is 1.87. The monoisotopic (exact) mass is 149 g/mol. The Bertz CT molecular complexity index is 114. The average molecular weight is 149 g/mol. The Morgan fingerprint density at radius 1 is 1.60 bits per heavy atom. The summed E-state index contributed by atoms with van der Waals surface area (Å²) < 4.78 is 4.20. The molecule has 0 saturated heterocycles. The highest BCUT2D eigenvalue weighted by molar-refractivity contribution is 5.67. The van der Waals surface area contributed by atoms with E-state index in [1.807, 2.05) is 0 Å². The zero-order valence-electron chi connectivity index (χ0n) is 5.87. The van der Waals surface area contributed by atoms with Crippen molar-refractivity contribution in [2.75, 3.05) is 7.11 Å². The van der Waals surface area contributed by atoms with Gasteiger partial charge in [0.25, 0.3) is 0 Å². The van der Waals surface area contributed by atoms with E-state index in [1.165, 1.54) is 14.0 Å². The quantitative estimate of drug-likeness (QED) is 0.442. The molecular formula is C5H11NO4. The van der Waals surface area contributed by atoms with E-state index < -0.39 is 18.4 Å². The van der Waals surface area contributed by atoms with Crippen molar-refractivity contribution in [3.63, 3.8) is 0 Å². The highest BCUT2D eigenvalue weighted by Crippen LogP contribution is 1.87. The highest BCUT2D eigenvalue weighted by atomic mass is 16.5. The molecule has 0 aliphatic rings. The molecular weight excluding hydrogens is 138 g/mol. The molecule has 1 unspecified atom stereocenters. The Morgan fingerprint density at radius 2 is 2.10 bits per heavy atom. The summed E-state index contributed by atoms with van der Waals surface area (Å²) in [4.78, 5) is 10.4. The number of rotatable bonds is 2. The Balaban J connectivity index is 3.57. The summed E-state index contributed by atoms with van der Waals surface area (Å²) in [5.41, 5.74) is 0. The van der Waals surface area contributed by atoms with E-state index >= 15 is 0 Å². The van der Waals surface area contributed by atoms with Crippen LogP contribution in [0.15, 0.2) is 0 Å². The van der Waals surface area contributed by atoms with E-state index in [0.717, 1.165) is 0 Å². The lowest BCUT2D eigenvalue weighted by molar-refractivity contribution is -0.0613. The Labute approximate surface area is 58.6 Å². The number of alkyl carbamates (subject to hydrolysis) is 1. The summed E-state index contributed by atoms with van der Waals surface area (Å²) >= 11 is 0. The molecule has 0 spiro atoms. The fourth-order valence-corrected chi connectivity index (χ4v) is 0.319. The third-order valence-electron chi connectivity index (χ3n) is 0.978. The fraction of sp³-hybridized carbons (Fsp3) is 0.800. The number of carbonyl (C=O) groups excluding carboxylic acids is 1. The van der Waals surface area contributed by atoms with Gasteiger partial charge in [-0.05, 0) is 6.92 Å². The van der Waals surface area contributed by atoms with Crippen molar-refractivity contribution in [3.05, 3.63) is 0 Å². The number of nitrogens with one attached hydrogen (secondary N) is 1. The van der Waals surface area contributed by atoms with E-state index in [-0.39, 0.29) is 0 Å². The van der Waals surface area contributed by atoms with Crippen LogP contribution in [0.5, 0.6) is 0 Å². The van der Waals surface area contributed by atoms with E-state index in [0.29, 0.717) is 0 Å². The van der Waals surface area contributed by atoms with Gasteiger partial charge in [0.05, 0.1) is 13.2 Å². The van der Waals surface area contributed by atoms with Crippen LogP contribution in [0.1, 0.15) is 6.92 Å². The molecule has 0 aliphatic heterocycles. The third-order valence-corrected chi connectivity index (χ3v) is 0.978. The molecule has 3 N–H and O–H groups in total. The van der Waals surface area contributed by atoms with Crippen molar-refractivity contribution < 1.29 is 19.7 Å². The topological polar surface area (TPSA) is 78.8 Å². The molecule has 0 aromatic rings. The van der Waals surface area contributed by atoms with Gasteiger partial charge in [-0.3, -0.25) is 0 Å². The number of hydrogen-bond acceptors (Lipinski definition) is 4. The van der Waals surface area contributed by atoms with Crippen molar-refractivity contribution in [1.82, 2.24) is 5.32 Å². The lowest BCUT2D eigenvalue weighted by atomic mass is 10.3. The smallest absolute Gasteiger partial charge is 0.407 e. The van der Waals surface area contributed by atoms with Crippen LogP contribution in [0.2, 0.25) is 0 Å². The predicted octanol–water partition coefficient (Wildman–Crippen LogP) is -0.958. The molecule has 0 rings (SSSR count). The van der Waals surface area contributed by atoms with Gasteiger partial charge in [0.15, 0.2) is 6.29 Å². The number of carbonyl (C=O) groups is 1. The summed E-state index contributed by atoms with van der Waals surface area (Å²) in [6.07, 6.45) is -2.24. The van der Waals surface area contributed by atoms with Gasteiger partial charge in [0.2, 0.25) is 0 Å². The molecule has 5 nitrogen and oxygen atoms in total. The number of hydrogen-bond donors (Lipinski definition) is 3. The van der Waals surface area contributed by atoms with Crippen molar-refractivity contribution in [2.45, 2.75) is 19.3 Å². The maximum absolute atomic E-state index is 10.4. The van der Waals surface area contributed by atoms with Gasteiger partial charge in [-0.15, -0.1) is 0 Å². The predicted molar refractivity (Wildman–Crippen MR) is 33.2 cm³/mol. The summed E-state index contributed by atoms with van der Waals surface area (Å²) in [5.74, 6) is 0. The molecule has 10 heavy (non-hydrogen) atoms. The largest absolute Gasteiger partial charge is 0.453 e. The van der Waals surface area contributed by atoms with E-state index in [1.54, 1.807) is 0 Å². The standard InChI is InChI=1S/C5H11NO4/c1-3(4(7)8)6-5(9)10-2/h3-4,7-8H,1-2H3,(H,6,9). The molecule has 5 heteroatoms. The second-order valence-corrected chi connectivity index (χ2v) is 1.84. The Hall–Kier alpha value is -0.810. The minimum atomic E-state index is -1.56.